The number of nitrogens with one attached hydrogen (secondary N) is 3. The van der Waals surface area contributed by atoms with Crippen molar-refractivity contribution in [3.8, 4) is 0 Å². The Labute approximate surface area is 188 Å². The lowest BCUT2D eigenvalue weighted by molar-refractivity contribution is -0.119. The van der Waals surface area contributed by atoms with E-state index in [1.807, 2.05) is 19.9 Å². The molecule has 3 N–H and O–H groups in total. The van der Waals surface area contributed by atoms with Crippen molar-refractivity contribution in [1.82, 2.24) is 20.3 Å². The number of benzene rings is 1. The molecule has 0 bridgehead atoms. The number of carbonyl (C=O) groups is 2. The molecule has 9 heteroatoms. The normalized spacial score (nSPS) is 20.4. The van der Waals surface area contributed by atoms with Crippen LogP contribution in [0.15, 0.2) is 23.2 Å². The quantitative estimate of drug-likeness (QED) is 0.590. The molecule has 1 heterocycles. The second kappa shape index (κ2) is 8.44. The third-order valence-corrected chi connectivity index (χ3v) is 7.46. The van der Waals surface area contributed by atoms with Crippen molar-refractivity contribution in [2.45, 2.75) is 69.9 Å². The van der Waals surface area contributed by atoms with Gasteiger partial charge < -0.3 is 10.6 Å². The van der Waals surface area contributed by atoms with E-state index in [1.54, 1.807) is 12.3 Å². The first-order chi connectivity index (χ1) is 15.1. The monoisotopic (exact) mass is 458 g/mol. The van der Waals surface area contributed by atoms with Crippen LogP contribution in [0.3, 0.4) is 0 Å². The average molecular weight is 459 g/mol. The Balaban J connectivity index is 1.94. The van der Waals surface area contributed by atoms with E-state index in [2.05, 4.69) is 20.3 Å². The second-order valence-electron chi connectivity index (χ2n) is 9.29. The van der Waals surface area contributed by atoms with Gasteiger partial charge in [-0.25, -0.2) is 13.1 Å². The fraction of sp³-hybridized carbons (Fsp3) is 0.522. The molecule has 1 aromatic carbocycles. The maximum absolute atomic E-state index is 13.3. The van der Waals surface area contributed by atoms with E-state index in [9.17, 15) is 18.0 Å². The van der Waals surface area contributed by atoms with Gasteiger partial charge in [0.05, 0.1) is 17.0 Å². The lowest BCUT2D eigenvalue weighted by atomic mass is 9.98. The van der Waals surface area contributed by atoms with Gasteiger partial charge >= 0.3 is 0 Å². The first kappa shape index (κ1) is 22.7. The second-order valence-corrected chi connectivity index (χ2v) is 11.0. The molecule has 8 nitrogen and oxygen atoms in total. The number of rotatable bonds is 7. The molecule has 2 aliphatic rings. The van der Waals surface area contributed by atoms with Gasteiger partial charge in [-0.05, 0) is 48.4 Å². The van der Waals surface area contributed by atoms with Gasteiger partial charge in [-0.3, -0.25) is 14.6 Å². The number of aromatic nitrogens is 1. The van der Waals surface area contributed by atoms with Crippen LogP contribution in [0, 0.1) is 5.92 Å². The molecule has 2 aliphatic carbocycles. The van der Waals surface area contributed by atoms with Crippen molar-refractivity contribution in [2.24, 2.45) is 5.92 Å². The largest absolute Gasteiger partial charge is 0.349 e. The molecule has 2 atom stereocenters. The van der Waals surface area contributed by atoms with Gasteiger partial charge in [0.2, 0.25) is 21.8 Å². The molecule has 0 aliphatic heterocycles. The van der Waals surface area contributed by atoms with Gasteiger partial charge in [0, 0.05) is 49.0 Å². The predicted molar refractivity (Wildman–Crippen MR) is 121 cm³/mol. The van der Waals surface area contributed by atoms with Gasteiger partial charge in [0.25, 0.3) is 0 Å². The van der Waals surface area contributed by atoms with Crippen molar-refractivity contribution in [1.29, 1.82) is 0 Å². The number of amides is 2. The molecular formula is C23H30N4O4S. The Hall–Kier alpha value is -2.52. The van der Waals surface area contributed by atoms with Crippen molar-refractivity contribution in [3.63, 3.8) is 0 Å². The van der Waals surface area contributed by atoms with Crippen LogP contribution >= 0.6 is 0 Å². The highest BCUT2D eigenvalue weighted by Gasteiger charge is 2.37. The summed E-state index contributed by atoms with van der Waals surface area (Å²) in [6.45, 7) is 7.10. The van der Waals surface area contributed by atoms with Gasteiger partial charge in [0.1, 0.15) is 0 Å². The Morgan fingerprint density at radius 1 is 1.06 bits per heavy atom. The van der Waals surface area contributed by atoms with Crippen LogP contribution in [-0.2, 0) is 19.6 Å². The Kier molecular flexibility index (Phi) is 5.98. The highest BCUT2D eigenvalue weighted by Crippen LogP contribution is 2.46. The van der Waals surface area contributed by atoms with Gasteiger partial charge in [0.15, 0.2) is 0 Å². The summed E-state index contributed by atoms with van der Waals surface area (Å²) in [7, 11) is -3.80. The first-order valence-electron chi connectivity index (χ1n) is 11.1. The van der Waals surface area contributed by atoms with Crippen LogP contribution < -0.4 is 15.4 Å². The van der Waals surface area contributed by atoms with Gasteiger partial charge in [-0.15, -0.1) is 0 Å². The molecule has 0 spiro atoms. The van der Waals surface area contributed by atoms with Crippen molar-refractivity contribution in [3.05, 3.63) is 35.2 Å². The predicted octanol–water partition coefficient (Wildman–Crippen LogP) is 2.80. The molecule has 172 valence electrons. The lowest BCUT2D eigenvalue weighted by Gasteiger charge is -2.18. The summed E-state index contributed by atoms with van der Waals surface area (Å²) in [5.41, 5.74) is 2.43. The number of carbonyl (C=O) groups excluding carboxylic acids is 2. The summed E-state index contributed by atoms with van der Waals surface area (Å²) >= 11 is 0. The standard InChI is InChI=1S/C23H30N4O4S/c1-12(2)10-25-32(30,31)22-8-17-20(26-13(3)28)9-21(27-14(4)29)23(17)18-11-24-19(7-16(18)22)15-5-6-15/h7-8,11-12,15,20-21,25H,5-6,9-10H2,1-4H3,(H,26,28)(H,27,29)/t20-,21-/m1/s1. The molecule has 0 saturated heterocycles. The first-order valence-corrected chi connectivity index (χ1v) is 12.6. The Bertz CT molecular complexity index is 1190. The lowest BCUT2D eigenvalue weighted by Crippen LogP contribution is -2.28. The van der Waals surface area contributed by atoms with E-state index in [1.165, 1.54) is 13.8 Å². The van der Waals surface area contributed by atoms with Gasteiger partial charge in [-0.2, -0.15) is 0 Å². The number of hydrogen-bond acceptors (Lipinski definition) is 5. The Morgan fingerprint density at radius 2 is 1.72 bits per heavy atom. The van der Waals surface area contributed by atoms with Crippen LogP contribution in [0.25, 0.3) is 10.8 Å². The summed E-state index contributed by atoms with van der Waals surface area (Å²) in [6.07, 6.45) is 4.29. The fourth-order valence-corrected chi connectivity index (χ4v) is 5.89. The molecule has 0 unspecified atom stereocenters. The molecule has 2 amide bonds. The van der Waals surface area contributed by atoms with E-state index in [0.717, 1.165) is 24.1 Å². The topological polar surface area (TPSA) is 117 Å². The van der Waals surface area contributed by atoms with Crippen LogP contribution in [0.2, 0.25) is 0 Å². The van der Waals surface area contributed by atoms with Crippen molar-refractivity contribution < 1.29 is 18.0 Å². The Morgan fingerprint density at radius 3 is 2.31 bits per heavy atom. The number of nitrogens with zero attached hydrogens (tertiary/aromatic N) is 1. The van der Waals surface area contributed by atoms with Crippen LogP contribution in [0.1, 0.15) is 81.8 Å². The van der Waals surface area contributed by atoms with E-state index < -0.39 is 16.1 Å². The molecule has 0 radical (unpaired) electrons. The maximum Gasteiger partial charge on any atom is 0.241 e. The molecule has 32 heavy (non-hydrogen) atoms. The minimum atomic E-state index is -3.80. The zero-order valence-electron chi connectivity index (χ0n) is 18.9. The number of fused-ring (bicyclic) bond motifs is 3. The molecule has 1 saturated carbocycles. The van der Waals surface area contributed by atoms with Crippen LogP contribution in [-0.4, -0.2) is 31.8 Å². The smallest absolute Gasteiger partial charge is 0.241 e. The number of hydrogen-bond donors (Lipinski definition) is 3. The fourth-order valence-electron chi connectivity index (χ4n) is 4.44. The van der Waals surface area contributed by atoms with E-state index in [-0.39, 0.29) is 28.7 Å². The van der Waals surface area contributed by atoms with Crippen molar-refractivity contribution >= 4 is 32.6 Å². The minimum absolute atomic E-state index is 0.158. The summed E-state index contributed by atoms with van der Waals surface area (Å²) in [5.74, 6) is 0.125. The third kappa shape index (κ3) is 4.49. The van der Waals surface area contributed by atoms with Crippen LogP contribution in [0.4, 0.5) is 0 Å². The molecule has 4 rings (SSSR count). The van der Waals surface area contributed by atoms with E-state index in [0.29, 0.717) is 35.2 Å². The van der Waals surface area contributed by atoms with Crippen molar-refractivity contribution in [2.75, 3.05) is 6.54 Å². The van der Waals surface area contributed by atoms with E-state index >= 15 is 0 Å². The average Bonchev–Trinajstić information content (AvgIpc) is 3.49. The zero-order chi connectivity index (χ0) is 23.2. The minimum Gasteiger partial charge on any atom is -0.349 e. The maximum atomic E-state index is 13.3. The summed E-state index contributed by atoms with van der Waals surface area (Å²) in [5, 5.41) is 7.17. The number of pyridine rings is 1. The zero-order valence-corrected chi connectivity index (χ0v) is 19.7. The highest BCUT2D eigenvalue weighted by molar-refractivity contribution is 7.89. The highest BCUT2D eigenvalue weighted by atomic mass is 32.2. The third-order valence-electron chi connectivity index (χ3n) is 6.00. The molecule has 1 fully saturated rings. The molecular weight excluding hydrogens is 428 g/mol. The number of sulfonamides is 1. The molecule has 2 aromatic rings. The van der Waals surface area contributed by atoms with E-state index in [4.69, 9.17) is 0 Å². The van der Waals surface area contributed by atoms with Crippen LogP contribution in [0.5, 0.6) is 0 Å². The SMILES string of the molecule is CC(=O)N[C@@H]1C[C@@H](NC(C)=O)c2c1cc(S(=O)(=O)NCC(C)C)c1cc(C3CC3)ncc21. The summed E-state index contributed by atoms with van der Waals surface area (Å²) < 4.78 is 29.4. The van der Waals surface area contributed by atoms with Gasteiger partial charge in [-0.1, -0.05) is 13.8 Å². The molecule has 1 aromatic heterocycles. The summed E-state index contributed by atoms with van der Waals surface area (Å²) in [6, 6.07) is 2.81. The summed E-state index contributed by atoms with van der Waals surface area (Å²) in [4.78, 5) is 28.5.